The van der Waals surface area contributed by atoms with Crippen molar-refractivity contribution < 1.29 is 23.0 Å². The smallest absolute Gasteiger partial charge is 0.277 e. The van der Waals surface area contributed by atoms with Crippen LogP contribution in [0.25, 0.3) is 11.1 Å². The number of aromatic nitrogens is 3. The molecule has 0 saturated carbocycles. The van der Waals surface area contributed by atoms with Crippen LogP contribution in [-0.2, 0) is 16.3 Å². The molecule has 0 aliphatic carbocycles. The summed E-state index contributed by atoms with van der Waals surface area (Å²) in [6, 6.07) is 12.9. The molecule has 208 valence electrons. The molecule has 0 bridgehead atoms. The summed E-state index contributed by atoms with van der Waals surface area (Å²) in [7, 11) is -4.41. The molecular formula is C30H31N3O6S. The Morgan fingerprint density at radius 2 is 1.80 bits per heavy atom. The van der Waals surface area contributed by atoms with Gasteiger partial charge < -0.3 is 14.6 Å². The highest BCUT2D eigenvalue weighted by molar-refractivity contribution is 7.91. The molecule has 2 aromatic heterocycles. The van der Waals surface area contributed by atoms with E-state index in [1.807, 2.05) is 32.9 Å². The van der Waals surface area contributed by atoms with E-state index in [0.717, 1.165) is 28.7 Å². The van der Waals surface area contributed by atoms with Crippen LogP contribution in [0.1, 0.15) is 56.1 Å². The Morgan fingerprint density at radius 1 is 1.05 bits per heavy atom. The molecule has 40 heavy (non-hydrogen) atoms. The third kappa shape index (κ3) is 4.95. The van der Waals surface area contributed by atoms with Gasteiger partial charge >= 0.3 is 0 Å². The molecule has 0 unspecified atom stereocenters. The maximum Gasteiger partial charge on any atom is 0.277 e. The van der Waals surface area contributed by atoms with Crippen molar-refractivity contribution in [1.82, 2.24) is 14.5 Å². The van der Waals surface area contributed by atoms with Gasteiger partial charge in [0.15, 0.2) is 16.4 Å². The molecule has 5 rings (SSSR count). The summed E-state index contributed by atoms with van der Waals surface area (Å²) in [4.78, 5) is 21.6. The number of nitrogens with zero attached hydrogens (tertiary/aromatic N) is 3. The first-order chi connectivity index (χ1) is 19.3. The van der Waals surface area contributed by atoms with Crippen LogP contribution >= 0.6 is 0 Å². The number of pyridine rings is 1. The molecule has 1 atom stereocenters. The number of unbranched alkanes of at least 4 members (excludes halogenated alkanes) is 1. The Labute approximate surface area is 233 Å². The first-order valence-corrected chi connectivity index (χ1v) is 14.7. The van der Waals surface area contributed by atoms with Crippen LogP contribution in [0.2, 0.25) is 0 Å². The standard InChI is InChI=1S/C30H31N3O6S/c1-4-6-7-27-32-29(34)28(30(35)33(27)24(5-2)21-10-13-25-26(16-21)39-18-38-25)40(36,37)22-11-8-20(9-12-22)23-14-15-31-17-19(23)3/h8-17,24,34H,4-7,18H2,1-3H3/t24-/m0/s1. The van der Waals surface area contributed by atoms with Gasteiger partial charge in [-0.25, -0.2) is 8.42 Å². The van der Waals surface area contributed by atoms with Crippen molar-refractivity contribution in [2.45, 2.75) is 62.3 Å². The van der Waals surface area contributed by atoms with Crippen LogP contribution < -0.4 is 15.0 Å². The van der Waals surface area contributed by atoms with E-state index in [-0.39, 0.29) is 11.7 Å². The minimum atomic E-state index is -4.41. The fourth-order valence-corrected chi connectivity index (χ4v) is 6.38. The average Bonchev–Trinajstić information content (AvgIpc) is 3.42. The van der Waals surface area contributed by atoms with Crippen LogP contribution in [0.4, 0.5) is 0 Å². The lowest BCUT2D eigenvalue weighted by Gasteiger charge is -2.23. The van der Waals surface area contributed by atoms with Gasteiger partial charge in [-0.2, -0.15) is 4.98 Å². The Morgan fingerprint density at radius 3 is 2.50 bits per heavy atom. The van der Waals surface area contributed by atoms with E-state index in [4.69, 9.17) is 9.47 Å². The number of hydrogen-bond donors (Lipinski definition) is 1. The van der Waals surface area contributed by atoms with E-state index >= 15 is 0 Å². The number of aryl methyl sites for hydroxylation is 2. The molecule has 3 heterocycles. The summed E-state index contributed by atoms with van der Waals surface area (Å²) < 4.78 is 40.0. The lowest BCUT2D eigenvalue weighted by Crippen LogP contribution is -2.33. The summed E-state index contributed by atoms with van der Waals surface area (Å²) in [5.41, 5.74) is 2.61. The molecule has 0 amide bonds. The second kappa shape index (κ2) is 11.1. The van der Waals surface area contributed by atoms with Crippen molar-refractivity contribution in [2.24, 2.45) is 0 Å². The van der Waals surface area contributed by atoms with E-state index in [1.165, 1.54) is 16.7 Å². The molecule has 0 radical (unpaired) electrons. The van der Waals surface area contributed by atoms with Gasteiger partial charge in [-0.1, -0.05) is 38.5 Å². The van der Waals surface area contributed by atoms with Gasteiger partial charge in [0.1, 0.15) is 5.82 Å². The lowest BCUT2D eigenvalue weighted by atomic mass is 10.0. The molecule has 9 nitrogen and oxygen atoms in total. The van der Waals surface area contributed by atoms with Crippen LogP contribution in [0, 0.1) is 6.92 Å². The molecule has 1 aliphatic heterocycles. The summed E-state index contributed by atoms with van der Waals surface area (Å²) in [5.74, 6) is 0.705. The van der Waals surface area contributed by atoms with Gasteiger partial charge in [0.2, 0.25) is 22.5 Å². The Bertz CT molecular complexity index is 1710. The number of rotatable bonds is 9. The Kier molecular flexibility index (Phi) is 7.62. The van der Waals surface area contributed by atoms with Crippen molar-refractivity contribution in [1.29, 1.82) is 0 Å². The first kappa shape index (κ1) is 27.4. The Hall–Kier alpha value is -4.18. The first-order valence-electron chi connectivity index (χ1n) is 13.3. The third-order valence-electron chi connectivity index (χ3n) is 7.13. The normalized spacial score (nSPS) is 13.4. The van der Waals surface area contributed by atoms with Gasteiger partial charge in [-0.15, -0.1) is 0 Å². The minimum Gasteiger partial charge on any atom is -0.492 e. The second-order valence-electron chi connectivity index (χ2n) is 9.71. The van der Waals surface area contributed by atoms with Gasteiger partial charge in [0.05, 0.1) is 10.9 Å². The summed E-state index contributed by atoms with van der Waals surface area (Å²) in [5, 5.41) is 10.9. The maximum absolute atomic E-state index is 14.1. The highest BCUT2D eigenvalue weighted by Gasteiger charge is 2.32. The number of sulfone groups is 1. The maximum atomic E-state index is 14.1. The average molecular weight is 562 g/mol. The van der Waals surface area contributed by atoms with E-state index in [1.54, 1.807) is 36.7 Å². The van der Waals surface area contributed by atoms with Gasteiger partial charge in [0, 0.05) is 18.8 Å². The van der Waals surface area contributed by atoms with Gasteiger partial charge in [0.25, 0.3) is 5.56 Å². The van der Waals surface area contributed by atoms with Crippen LogP contribution in [-0.4, -0.2) is 34.9 Å². The molecule has 1 aliphatic rings. The predicted molar refractivity (Wildman–Crippen MR) is 150 cm³/mol. The molecule has 0 saturated heterocycles. The van der Waals surface area contributed by atoms with Crippen molar-refractivity contribution in [3.63, 3.8) is 0 Å². The molecular weight excluding hydrogens is 530 g/mol. The SMILES string of the molecule is CCCCc1nc(O)c(S(=O)(=O)c2ccc(-c3ccncc3C)cc2)c(=O)n1[C@@H](CC)c1ccc2c(c1)OCO2. The largest absolute Gasteiger partial charge is 0.492 e. The second-order valence-corrected chi connectivity index (χ2v) is 11.6. The van der Waals surface area contributed by atoms with Gasteiger partial charge in [-0.05, 0) is 72.4 Å². The molecule has 0 spiro atoms. The number of hydrogen-bond acceptors (Lipinski definition) is 8. The van der Waals surface area contributed by atoms with E-state index in [2.05, 4.69) is 9.97 Å². The quantitative estimate of drug-likeness (QED) is 0.295. The lowest BCUT2D eigenvalue weighted by molar-refractivity contribution is 0.174. The summed E-state index contributed by atoms with van der Waals surface area (Å²) in [6.45, 7) is 5.95. The zero-order valence-electron chi connectivity index (χ0n) is 22.6. The molecule has 4 aromatic rings. The zero-order chi connectivity index (χ0) is 28.4. The molecule has 1 N–H and O–H groups in total. The van der Waals surface area contributed by atoms with E-state index in [9.17, 15) is 18.3 Å². The number of ether oxygens (including phenoxy) is 2. The monoisotopic (exact) mass is 561 g/mol. The number of benzene rings is 2. The fraction of sp³-hybridized carbons (Fsp3) is 0.300. The zero-order valence-corrected chi connectivity index (χ0v) is 23.4. The summed E-state index contributed by atoms with van der Waals surface area (Å²) in [6.07, 6.45) is 5.83. The van der Waals surface area contributed by atoms with Crippen LogP contribution in [0.3, 0.4) is 0 Å². The summed E-state index contributed by atoms with van der Waals surface area (Å²) >= 11 is 0. The van der Waals surface area contributed by atoms with Crippen molar-refractivity contribution >= 4 is 9.84 Å². The molecule has 0 fully saturated rings. The van der Waals surface area contributed by atoms with Crippen molar-refractivity contribution in [3.8, 4) is 28.5 Å². The van der Waals surface area contributed by atoms with Crippen molar-refractivity contribution in [2.75, 3.05) is 6.79 Å². The highest BCUT2D eigenvalue weighted by atomic mass is 32.2. The molecule has 10 heteroatoms. The van der Waals surface area contributed by atoms with Crippen LogP contribution in [0.5, 0.6) is 17.4 Å². The minimum absolute atomic E-state index is 0.110. The van der Waals surface area contributed by atoms with E-state index in [0.29, 0.717) is 36.6 Å². The Balaban J connectivity index is 1.63. The van der Waals surface area contributed by atoms with Crippen molar-refractivity contribution in [3.05, 3.63) is 88.2 Å². The predicted octanol–water partition coefficient (Wildman–Crippen LogP) is 5.22. The molecule has 2 aromatic carbocycles. The van der Waals surface area contributed by atoms with Gasteiger partial charge in [-0.3, -0.25) is 14.3 Å². The fourth-order valence-electron chi connectivity index (χ4n) is 5.03. The highest BCUT2D eigenvalue weighted by Crippen LogP contribution is 2.36. The third-order valence-corrected chi connectivity index (χ3v) is 8.91. The van der Waals surface area contributed by atoms with E-state index < -0.39 is 32.2 Å². The number of fused-ring (bicyclic) bond motifs is 1. The number of aromatic hydroxyl groups is 1. The van der Waals surface area contributed by atoms with Crippen LogP contribution in [0.15, 0.2) is 75.5 Å². The topological polar surface area (TPSA) is 121 Å².